The van der Waals surface area contributed by atoms with Crippen LogP contribution in [0.1, 0.15) is 40.5 Å². The molecule has 3 rings (SSSR count). The Morgan fingerprint density at radius 3 is 1.94 bits per heavy atom. The highest BCUT2D eigenvalue weighted by Crippen LogP contribution is 2.38. The van der Waals surface area contributed by atoms with Gasteiger partial charge in [0.05, 0.1) is 22.4 Å². The Hall–Kier alpha value is -1.99. The highest BCUT2D eigenvalue weighted by Gasteiger charge is 2.23. The van der Waals surface area contributed by atoms with Crippen LogP contribution in [0.5, 0.6) is 0 Å². The number of halogens is 1. The number of benzene rings is 3. The maximum atomic E-state index is 12.3. The van der Waals surface area contributed by atoms with Crippen molar-refractivity contribution in [1.29, 1.82) is 0 Å². The second-order valence-electron chi connectivity index (χ2n) is 7.31. The van der Waals surface area contributed by atoms with E-state index in [0.29, 0.717) is 19.4 Å². The van der Waals surface area contributed by atoms with Crippen molar-refractivity contribution in [1.82, 2.24) is 0 Å². The molecule has 0 aliphatic carbocycles. The van der Waals surface area contributed by atoms with Crippen LogP contribution in [0, 0.1) is 6.92 Å². The number of hydrogen-bond donors (Lipinski definition) is 0. The van der Waals surface area contributed by atoms with E-state index in [1.807, 2.05) is 43.3 Å². The first-order valence-corrected chi connectivity index (χ1v) is 12.6. The van der Waals surface area contributed by atoms with Gasteiger partial charge in [0.1, 0.15) is 0 Å². The molecule has 0 heterocycles. The second kappa shape index (κ2) is 11.6. The summed E-state index contributed by atoms with van der Waals surface area (Å²) in [5.41, 5.74) is 3.24. The van der Waals surface area contributed by atoms with Gasteiger partial charge in [0.15, 0.2) is 0 Å². The molecular formula is C25H27BrO4S. The van der Waals surface area contributed by atoms with Crippen LogP contribution in [0.15, 0.2) is 89.8 Å². The minimum Gasteiger partial charge on any atom is -0.372 e. The van der Waals surface area contributed by atoms with Crippen LogP contribution in [0.25, 0.3) is 0 Å². The summed E-state index contributed by atoms with van der Waals surface area (Å²) < 4.78 is 35.9. The van der Waals surface area contributed by atoms with Crippen molar-refractivity contribution < 1.29 is 17.3 Å². The number of rotatable bonds is 11. The van der Waals surface area contributed by atoms with E-state index in [4.69, 9.17) is 8.92 Å². The maximum absolute atomic E-state index is 12.3. The van der Waals surface area contributed by atoms with Gasteiger partial charge < -0.3 is 4.74 Å². The lowest BCUT2D eigenvalue weighted by Gasteiger charge is -2.24. The zero-order valence-corrected chi connectivity index (χ0v) is 19.9. The van der Waals surface area contributed by atoms with Crippen molar-refractivity contribution >= 4 is 26.0 Å². The Morgan fingerprint density at radius 1 is 0.774 bits per heavy atom. The number of alkyl halides is 1. The summed E-state index contributed by atoms with van der Waals surface area (Å²) in [7, 11) is -3.72. The van der Waals surface area contributed by atoms with Gasteiger partial charge in [0.25, 0.3) is 10.1 Å². The molecule has 0 aliphatic rings. The van der Waals surface area contributed by atoms with Gasteiger partial charge in [-0.2, -0.15) is 8.42 Å². The molecule has 0 aromatic heterocycles. The van der Waals surface area contributed by atoms with E-state index in [9.17, 15) is 8.42 Å². The van der Waals surface area contributed by atoms with Crippen LogP contribution < -0.4 is 0 Å². The van der Waals surface area contributed by atoms with Crippen LogP contribution in [0.4, 0.5) is 0 Å². The molecule has 0 spiro atoms. The van der Waals surface area contributed by atoms with E-state index < -0.39 is 10.1 Å². The molecule has 6 heteroatoms. The Morgan fingerprint density at radius 2 is 1.32 bits per heavy atom. The first-order chi connectivity index (χ1) is 15.0. The molecule has 3 aromatic rings. The van der Waals surface area contributed by atoms with E-state index in [2.05, 4.69) is 40.2 Å². The summed E-state index contributed by atoms with van der Waals surface area (Å²) in [4.78, 5) is 0.192. The first-order valence-electron chi connectivity index (χ1n) is 10.3. The van der Waals surface area contributed by atoms with Gasteiger partial charge in [-0.1, -0.05) is 94.3 Å². The molecule has 0 amide bonds. The Balaban J connectivity index is 1.51. The molecule has 0 radical (unpaired) electrons. The fourth-order valence-electron chi connectivity index (χ4n) is 3.16. The van der Waals surface area contributed by atoms with E-state index in [0.717, 1.165) is 16.7 Å². The van der Waals surface area contributed by atoms with E-state index in [-0.39, 0.29) is 22.4 Å². The minimum atomic E-state index is -3.72. The molecule has 4 nitrogen and oxygen atoms in total. The summed E-state index contributed by atoms with van der Waals surface area (Å²) in [6, 6.07) is 26.9. The number of hydrogen-bond acceptors (Lipinski definition) is 4. The van der Waals surface area contributed by atoms with E-state index >= 15 is 0 Å². The summed E-state index contributed by atoms with van der Waals surface area (Å²) in [5.74, 6) is 0. The van der Waals surface area contributed by atoms with Crippen molar-refractivity contribution in [2.24, 2.45) is 0 Å². The third-order valence-electron chi connectivity index (χ3n) is 4.90. The third kappa shape index (κ3) is 7.01. The third-order valence-corrected chi connectivity index (χ3v) is 7.23. The van der Waals surface area contributed by atoms with Gasteiger partial charge in [-0.3, -0.25) is 4.18 Å². The van der Waals surface area contributed by atoms with Crippen molar-refractivity contribution in [3.63, 3.8) is 0 Å². The highest BCUT2D eigenvalue weighted by atomic mass is 79.9. The van der Waals surface area contributed by atoms with Crippen molar-refractivity contribution in [3.05, 3.63) is 102 Å². The standard InChI is InChI=1S/C25H27BrO4S/c1-20-14-16-23(17-15-20)31(27,28)30-19-9-8-18-29-25(22-12-6-3-7-13-22)24(26)21-10-4-2-5-11-21/h2-7,10-17,24-25H,8-9,18-19H2,1H3/t24-,25+/m0/s1. The van der Waals surface area contributed by atoms with Gasteiger partial charge in [-0.25, -0.2) is 0 Å². The number of ether oxygens (including phenoxy) is 1. The summed E-state index contributed by atoms with van der Waals surface area (Å²) >= 11 is 3.80. The van der Waals surface area contributed by atoms with Crippen LogP contribution >= 0.6 is 15.9 Å². The lowest BCUT2D eigenvalue weighted by molar-refractivity contribution is 0.0479. The zero-order chi connectivity index (χ0) is 22.1. The fraction of sp³-hybridized carbons (Fsp3) is 0.280. The molecule has 164 valence electrons. The molecule has 0 unspecified atom stereocenters. The molecule has 31 heavy (non-hydrogen) atoms. The van der Waals surface area contributed by atoms with Crippen molar-refractivity contribution in [3.8, 4) is 0 Å². The molecule has 0 bridgehead atoms. The summed E-state index contributed by atoms with van der Waals surface area (Å²) in [5, 5.41) is 0. The maximum Gasteiger partial charge on any atom is 0.296 e. The molecular weight excluding hydrogens is 476 g/mol. The lowest BCUT2D eigenvalue weighted by atomic mass is 10.0. The Bertz CT molecular complexity index is 1020. The summed E-state index contributed by atoms with van der Waals surface area (Å²) in [6.45, 7) is 2.55. The van der Waals surface area contributed by atoms with Gasteiger partial charge >= 0.3 is 0 Å². The van der Waals surface area contributed by atoms with E-state index in [1.54, 1.807) is 24.3 Å². The predicted octanol–water partition coefficient (Wildman–Crippen LogP) is 6.37. The molecule has 0 aliphatic heterocycles. The fourth-order valence-corrected chi connectivity index (χ4v) is 4.87. The number of aryl methyl sites for hydroxylation is 1. The summed E-state index contributed by atoms with van der Waals surface area (Å²) in [6.07, 6.45) is 1.13. The number of unbranched alkanes of at least 4 members (excludes halogenated alkanes) is 1. The molecule has 2 atom stereocenters. The average Bonchev–Trinajstić information content (AvgIpc) is 2.79. The Kier molecular flexibility index (Phi) is 8.84. The Labute approximate surface area is 193 Å². The monoisotopic (exact) mass is 502 g/mol. The molecule has 0 saturated carbocycles. The first kappa shape index (κ1) is 23.7. The van der Waals surface area contributed by atoms with Crippen LogP contribution in [-0.4, -0.2) is 21.6 Å². The SMILES string of the molecule is Cc1ccc(S(=O)(=O)OCCCCO[C@H](c2ccccc2)[C@@H](Br)c2ccccc2)cc1. The van der Waals surface area contributed by atoms with Crippen LogP contribution in [0.3, 0.4) is 0 Å². The average molecular weight is 503 g/mol. The molecule has 3 aromatic carbocycles. The van der Waals surface area contributed by atoms with Crippen molar-refractivity contribution in [2.45, 2.75) is 35.6 Å². The quantitative estimate of drug-likeness (QED) is 0.173. The second-order valence-corrected chi connectivity index (χ2v) is 9.91. The van der Waals surface area contributed by atoms with Crippen LogP contribution in [0.2, 0.25) is 0 Å². The van der Waals surface area contributed by atoms with Gasteiger partial charge in [0.2, 0.25) is 0 Å². The van der Waals surface area contributed by atoms with Gasteiger partial charge in [-0.15, -0.1) is 0 Å². The van der Waals surface area contributed by atoms with Gasteiger partial charge in [-0.05, 0) is 43.0 Å². The topological polar surface area (TPSA) is 52.6 Å². The highest BCUT2D eigenvalue weighted by molar-refractivity contribution is 9.09. The zero-order valence-electron chi connectivity index (χ0n) is 17.5. The molecule has 0 fully saturated rings. The van der Waals surface area contributed by atoms with Crippen molar-refractivity contribution in [2.75, 3.05) is 13.2 Å². The lowest BCUT2D eigenvalue weighted by Crippen LogP contribution is -2.12. The molecule has 0 saturated heterocycles. The largest absolute Gasteiger partial charge is 0.372 e. The minimum absolute atomic E-state index is 0.00858. The normalized spacial score (nSPS) is 13.6. The predicted molar refractivity (Wildman–Crippen MR) is 127 cm³/mol. The molecule has 0 N–H and O–H groups in total. The van der Waals surface area contributed by atoms with E-state index in [1.165, 1.54) is 0 Å². The van der Waals surface area contributed by atoms with Gasteiger partial charge in [0, 0.05) is 6.61 Å². The van der Waals surface area contributed by atoms with Crippen LogP contribution in [-0.2, 0) is 19.0 Å². The smallest absolute Gasteiger partial charge is 0.296 e.